The fraction of sp³-hybridized carbons (Fsp3) is 0.364. The van der Waals surface area contributed by atoms with E-state index in [0.29, 0.717) is 5.56 Å². The van der Waals surface area contributed by atoms with Crippen molar-refractivity contribution >= 4 is 57.2 Å². The lowest BCUT2D eigenvalue weighted by Gasteiger charge is -2.49. The van der Waals surface area contributed by atoms with Gasteiger partial charge in [-0.15, -0.1) is 0 Å². The van der Waals surface area contributed by atoms with E-state index in [9.17, 15) is 4.11 Å². The first-order valence-corrected chi connectivity index (χ1v) is 25.6. The number of hydrogen-bond donors (Lipinski definition) is 0. The number of hydrogen-bond acceptors (Lipinski definition) is 2. The third-order valence-corrected chi connectivity index (χ3v) is 17.3. The van der Waals surface area contributed by atoms with Crippen molar-refractivity contribution in [3.63, 3.8) is 0 Å². The van der Waals surface area contributed by atoms with Crippen molar-refractivity contribution in [2.45, 2.75) is 156 Å². The molecule has 0 unspecified atom stereocenters. The number of rotatable bonds is 3. The van der Waals surface area contributed by atoms with E-state index in [0.717, 1.165) is 63.6 Å². The maximum atomic E-state index is 9.28. The van der Waals surface area contributed by atoms with Crippen LogP contribution in [0.3, 0.4) is 0 Å². The molecule has 2 heterocycles. The lowest BCUT2D eigenvalue weighted by atomic mass is 9.33. The van der Waals surface area contributed by atoms with Crippen LogP contribution >= 0.6 is 0 Å². The Morgan fingerprint density at radius 3 is 1.54 bits per heavy atom. The number of anilines is 6. The molecular formula is C66H73BN2. The normalized spacial score (nSPS) is 18.7. The monoisotopic (exact) mass is 908 g/mol. The molecule has 2 aliphatic heterocycles. The number of fused-ring (bicyclic) bond motifs is 7. The summed E-state index contributed by atoms with van der Waals surface area (Å²) in [5, 5.41) is 0. The minimum atomic E-state index is -2.39. The molecule has 0 N–H and O–H groups in total. The van der Waals surface area contributed by atoms with Crippen molar-refractivity contribution in [1.82, 2.24) is 0 Å². The van der Waals surface area contributed by atoms with Crippen molar-refractivity contribution in [2.75, 3.05) is 9.80 Å². The third-order valence-electron chi connectivity index (χ3n) is 17.3. The van der Waals surface area contributed by atoms with Gasteiger partial charge in [-0.3, -0.25) is 0 Å². The molecular weight excluding hydrogens is 832 g/mol. The predicted octanol–water partition coefficient (Wildman–Crippen LogP) is 16.0. The molecule has 0 saturated heterocycles. The maximum Gasteiger partial charge on any atom is 0.252 e. The summed E-state index contributed by atoms with van der Waals surface area (Å²) in [4.78, 5) is 4.94. The molecule has 4 aliphatic rings. The van der Waals surface area contributed by atoms with Gasteiger partial charge in [-0.2, -0.15) is 0 Å². The third kappa shape index (κ3) is 6.79. The van der Waals surface area contributed by atoms with Gasteiger partial charge in [-0.05, 0) is 168 Å². The zero-order valence-electron chi connectivity index (χ0n) is 47.0. The Morgan fingerprint density at radius 2 is 0.957 bits per heavy atom. The standard InChI is InChI=1S/C66H73BN2/c1-40-32-58-60-59(33-40)69(56-38-49-48(34-41(56)2)63(9,10)30-31-64(49,11)12)55-29-27-44(62(6,7)8)36-52(55)67(60)53-37-50-51(66(15,16)47-25-21-20-24-46(47)65(50,13)14)39-57(53)68(58)54-28-26-43(61(3,4)5)35-45(54)42-22-18-17-19-23-42/h17-29,32-39H,30-31H2,1-16H3/i1D3. The Morgan fingerprint density at radius 1 is 0.464 bits per heavy atom. The summed E-state index contributed by atoms with van der Waals surface area (Å²) in [5.41, 5.74) is 23.4. The van der Waals surface area contributed by atoms with Crippen LogP contribution < -0.4 is 26.2 Å². The molecule has 0 radical (unpaired) electrons. The molecule has 0 amide bonds. The summed E-state index contributed by atoms with van der Waals surface area (Å²) >= 11 is 0. The van der Waals surface area contributed by atoms with Crippen molar-refractivity contribution in [3.05, 3.63) is 183 Å². The quantitative estimate of drug-likeness (QED) is 0.163. The molecule has 0 aromatic heterocycles. The predicted molar refractivity (Wildman–Crippen MR) is 299 cm³/mol. The van der Waals surface area contributed by atoms with Gasteiger partial charge in [0.25, 0.3) is 6.71 Å². The van der Waals surface area contributed by atoms with E-state index < -0.39 is 6.85 Å². The van der Waals surface area contributed by atoms with Crippen LogP contribution in [0.4, 0.5) is 34.1 Å². The summed E-state index contributed by atoms with van der Waals surface area (Å²) in [7, 11) is 0. The molecule has 0 fully saturated rings. The first-order valence-electron chi connectivity index (χ1n) is 27.1. The second kappa shape index (κ2) is 14.9. The second-order valence-electron chi connectivity index (χ2n) is 25.6. The highest BCUT2D eigenvalue weighted by molar-refractivity contribution is 7.00. The van der Waals surface area contributed by atoms with E-state index >= 15 is 0 Å². The Balaban J connectivity index is 1.32. The summed E-state index contributed by atoms with van der Waals surface area (Å²) in [6.45, 7) is 32.6. The smallest absolute Gasteiger partial charge is 0.252 e. The van der Waals surface area contributed by atoms with Crippen molar-refractivity contribution in [3.8, 4) is 11.1 Å². The Kier molecular flexibility index (Phi) is 9.07. The van der Waals surface area contributed by atoms with Gasteiger partial charge in [0.1, 0.15) is 0 Å². The first-order chi connectivity index (χ1) is 33.5. The average Bonchev–Trinajstić information content (AvgIpc) is 3.31. The van der Waals surface area contributed by atoms with E-state index in [4.69, 9.17) is 0 Å². The van der Waals surface area contributed by atoms with Gasteiger partial charge in [0.2, 0.25) is 0 Å². The SMILES string of the molecule is [2H]C([2H])([2H])c1cc2c3c(c1)N(c1ccc(C(C)(C)C)cc1-c1ccccc1)c1cc4c(cc1B3c1cc(C(C)(C)C)ccc1N2c1cc2c(cc1C)C(C)(C)CCC2(C)C)C(C)(C)c1ccccc1C4(C)C. The summed E-state index contributed by atoms with van der Waals surface area (Å²) in [6.07, 6.45) is 2.22. The number of benzene rings is 7. The number of nitrogens with zero attached hydrogens (tertiary/aromatic N) is 2. The fourth-order valence-corrected chi connectivity index (χ4v) is 12.9. The highest BCUT2D eigenvalue weighted by atomic mass is 15.2. The fourth-order valence-electron chi connectivity index (χ4n) is 12.9. The minimum absolute atomic E-state index is 0.0339. The van der Waals surface area contributed by atoms with Gasteiger partial charge >= 0.3 is 0 Å². The van der Waals surface area contributed by atoms with Crippen LogP contribution in [0.1, 0.15) is 170 Å². The topological polar surface area (TPSA) is 6.48 Å². The van der Waals surface area contributed by atoms with Crippen molar-refractivity contribution < 1.29 is 4.11 Å². The van der Waals surface area contributed by atoms with E-state index in [1.54, 1.807) is 0 Å². The molecule has 350 valence electrons. The molecule has 0 atom stereocenters. The van der Waals surface area contributed by atoms with Gasteiger partial charge in [0.15, 0.2) is 0 Å². The molecule has 3 heteroatoms. The lowest BCUT2D eigenvalue weighted by Crippen LogP contribution is -2.62. The molecule has 11 rings (SSSR count). The molecule has 7 aromatic carbocycles. The molecule has 2 nitrogen and oxygen atoms in total. The van der Waals surface area contributed by atoms with Crippen LogP contribution in [-0.2, 0) is 32.5 Å². The van der Waals surface area contributed by atoms with Crippen LogP contribution in [0.2, 0.25) is 0 Å². The van der Waals surface area contributed by atoms with Crippen LogP contribution in [0, 0.1) is 13.8 Å². The van der Waals surface area contributed by atoms with Crippen molar-refractivity contribution in [1.29, 1.82) is 0 Å². The molecule has 0 bridgehead atoms. The van der Waals surface area contributed by atoms with E-state index in [2.05, 4.69) is 229 Å². The highest BCUT2D eigenvalue weighted by Gasteiger charge is 2.49. The molecule has 2 aliphatic carbocycles. The van der Waals surface area contributed by atoms with Gasteiger partial charge in [-0.1, -0.05) is 182 Å². The minimum Gasteiger partial charge on any atom is -0.311 e. The Bertz CT molecular complexity index is 3390. The maximum absolute atomic E-state index is 9.28. The summed E-state index contributed by atoms with van der Waals surface area (Å²) < 4.78 is 27.8. The Labute approximate surface area is 419 Å². The molecule has 0 spiro atoms. The summed E-state index contributed by atoms with van der Waals surface area (Å²) in [6, 6.07) is 48.1. The summed E-state index contributed by atoms with van der Waals surface area (Å²) in [5.74, 6) is 0. The average molecular weight is 908 g/mol. The van der Waals surface area contributed by atoms with Crippen LogP contribution in [0.15, 0.2) is 127 Å². The molecule has 0 saturated carbocycles. The van der Waals surface area contributed by atoms with E-state index in [-0.39, 0.29) is 39.2 Å². The van der Waals surface area contributed by atoms with E-state index in [1.165, 1.54) is 61.0 Å². The van der Waals surface area contributed by atoms with Gasteiger partial charge in [-0.25, -0.2) is 0 Å². The number of aryl methyl sites for hydroxylation is 2. The van der Waals surface area contributed by atoms with E-state index in [1.807, 2.05) is 12.1 Å². The lowest BCUT2D eigenvalue weighted by molar-refractivity contribution is 0.332. The zero-order chi connectivity index (χ0) is 51.6. The second-order valence-corrected chi connectivity index (χ2v) is 25.6. The highest BCUT2D eigenvalue weighted by Crippen LogP contribution is 2.55. The molecule has 69 heavy (non-hydrogen) atoms. The van der Waals surface area contributed by atoms with Gasteiger partial charge in [0.05, 0.1) is 5.69 Å². The molecule has 7 aromatic rings. The Hall–Kier alpha value is -5.80. The van der Waals surface area contributed by atoms with Crippen LogP contribution in [-0.4, -0.2) is 6.71 Å². The van der Waals surface area contributed by atoms with Crippen LogP contribution in [0.25, 0.3) is 11.1 Å². The van der Waals surface area contributed by atoms with Gasteiger partial charge < -0.3 is 9.80 Å². The zero-order valence-corrected chi connectivity index (χ0v) is 44.0. The van der Waals surface area contributed by atoms with Crippen LogP contribution in [0.5, 0.6) is 0 Å². The largest absolute Gasteiger partial charge is 0.311 e. The first kappa shape index (κ1) is 42.1. The van der Waals surface area contributed by atoms with Gasteiger partial charge in [0, 0.05) is 48.9 Å². The van der Waals surface area contributed by atoms with Crippen molar-refractivity contribution in [2.24, 2.45) is 0 Å².